The zero-order valence-electron chi connectivity index (χ0n) is 13.1. The summed E-state index contributed by atoms with van der Waals surface area (Å²) in [7, 11) is 0. The first-order valence-corrected chi connectivity index (χ1v) is 7.27. The number of pyridine rings is 2. The molecule has 0 saturated carbocycles. The Bertz CT molecular complexity index is 1100. The van der Waals surface area contributed by atoms with Crippen LogP contribution in [-0.4, -0.2) is 9.97 Å². The van der Waals surface area contributed by atoms with E-state index in [0.717, 1.165) is 0 Å². The van der Waals surface area contributed by atoms with Gasteiger partial charge in [-0.15, -0.1) is 0 Å². The molecule has 2 heterocycles. The van der Waals surface area contributed by atoms with Gasteiger partial charge in [-0.2, -0.15) is 13.8 Å². The van der Waals surface area contributed by atoms with Crippen molar-refractivity contribution in [2.24, 2.45) is 0 Å². The van der Waals surface area contributed by atoms with E-state index in [9.17, 15) is 30.7 Å². The SMILES string of the molecule is Fc1nc(F)c2c(F)c(F)c(F)c(F)c2c1F.c1ccc2cnccc2c1. The number of rotatable bonds is 0. The number of aromatic nitrogens is 2. The first kappa shape index (κ1) is 18.6. The maximum absolute atomic E-state index is 13.1. The van der Waals surface area contributed by atoms with Gasteiger partial charge in [-0.25, -0.2) is 22.0 Å². The molecule has 0 saturated heterocycles. The van der Waals surface area contributed by atoms with E-state index < -0.39 is 51.8 Å². The fraction of sp³-hybridized carbons (Fsp3) is 0. The molecule has 0 aliphatic rings. The van der Waals surface area contributed by atoms with Crippen molar-refractivity contribution in [3.8, 4) is 0 Å². The van der Waals surface area contributed by atoms with Crippen LogP contribution in [0.3, 0.4) is 0 Å². The molecule has 2 aromatic heterocycles. The molecule has 0 atom stereocenters. The van der Waals surface area contributed by atoms with Gasteiger partial charge in [0.05, 0.1) is 10.8 Å². The van der Waals surface area contributed by atoms with Gasteiger partial charge in [0, 0.05) is 12.4 Å². The van der Waals surface area contributed by atoms with Crippen molar-refractivity contribution in [3.63, 3.8) is 0 Å². The van der Waals surface area contributed by atoms with E-state index in [-0.39, 0.29) is 0 Å². The Morgan fingerprint density at radius 1 is 0.556 bits per heavy atom. The van der Waals surface area contributed by atoms with Crippen molar-refractivity contribution < 1.29 is 30.7 Å². The molecule has 0 N–H and O–H groups in total. The van der Waals surface area contributed by atoms with Crippen LogP contribution in [0.15, 0.2) is 42.7 Å². The van der Waals surface area contributed by atoms with Crippen LogP contribution in [0.1, 0.15) is 0 Å². The highest BCUT2D eigenvalue weighted by Gasteiger charge is 2.27. The normalized spacial score (nSPS) is 10.8. The number of hydrogen-bond donors (Lipinski definition) is 0. The van der Waals surface area contributed by atoms with Crippen molar-refractivity contribution >= 4 is 21.5 Å². The molecule has 0 spiro atoms. The zero-order valence-corrected chi connectivity index (χ0v) is 13.1. The molecule has 0 unspecified atom stereocenters. The summed E-state index contributed by atoms with van der Waals surface area (Å²) in [4.78, 5) is 6.28. The van der Waals surface area contributed by atoms with Gasteiger partial charge in [0.1, 0.15) is 0 Å². The third-order valence-electron chi connectivity index (χ3n) is 3.62. The Morgan fingerprint density at radius 3 is 1.78 bits per heavy atom. The number of fused-ring (bicyclic) bond motifs is 2. The van der Waals surface area contributed by atoms with Crippen LogP contribution < -0.4 is 0 Å². The summed E-state index contributed by atoms with van der Waals surface area (Å²) in [6.07, 6.45) is 3.68. The number of halogens is 7. The Balaban J connectivity index is 0.000000177. The van der Waals surface area contributed by atoms with Gasteiger partial charge in [0.2, 0.25) is 5.95 Å². The smallest absolute Gasteiger partial charge is 0.252 e. The van der Waals surface area contributed by atoms with Crippen LogP contribution in [-0.2, 0) is 0 Å². The topological polar surface area (TPSA) is 25.8 Å². The molecule has 0 radical (unpaired) electrons. The highest BCUT2D eigenvalue weighted by molar-refractivity contribution is 5.84. The molecule has 0 aliphatic carbocycles. The third kappa shape index (κ3) is 3.27. The summed E-state index contributed by atoms with van der Waals surface area (Å²) in [6, 6.07) is 10.2. The fourth-order valence-corrected chi connectivity index (χ4v) is 2.35. The molecule has 0 fully saturated rings. The Labute approximate surface area is 146 Å². The fourth-order valence-electron chi connectivity index (χ4n) is 2.35. The lowest BCUT2D eigenvalue weighted by Gasteiger charge is -2.06. The second-order valence-electron chi connectivity index (χ2n) is 5.24. The van der Waals surface area contributed by atoms with E-state index in [4.69, 9.17) is 0 Å². The van der Waals surface area contributed by atoms with E-state index in [1.54, 1.807) is 0 Å². The summed E-state index contributed by atoms with van der Waals surface area (Å²) >= 11 is 0. The first-order chi connectivity index (χ1) is 12.8. The molecule has 9 heteroatoms. The standard InChI is InChI=1S/C9F7N.C9H7N/c10-3-1-2(4(11)7(14)6(3)13)8(15)17-9(16)5(1)12;1-2-4-9-7-10-6-5-8(9)3-1/h;1-7H. The van der Waals surface area contributed by atoms with E-state index in [1.807, 2.05) is 30.6 Å². The molecule has 138 valence electrons. The van der Waals surface area contributed by atoms with Gasteiger partial charge in [0.25, 0.3) is 5.95 Å². The van der Waals surface area contributed by atoms with Gasteiger partial charge in [0.15, 0.2) is 29.1 Å². The summed E-state index contributed by atoms with van der Waals surface area (Å²) in [5, 5.41) is -0.797. The molecule has 0 amide bonds. The average molecular weight is 384 g/mol. The lowest BCUT2D eigenvalue weighted by atomic mass is 10.1. The van der Waals surface area contributed by atoms with Crippen LogP contribution in [0.2, 0.25) is 0 Å². The Morgan fingerprint density at radius 2 is 1.15 bits per heavy atom. The summed E-state index contributed by atoms with van der Waals surface area (Å²) in [5.41, 5.74) is 0. The minimum atomic E-state index is -2.36. The van der Waals surface area contributed by atoms with Crippen LogP contribution in [0.5, 0.6) is 0 Å². The van der Waals surface area contributed by atoms with Crippen LogP contribution >= 0.6 is 0 Å². The third-order valence-corrected chi connectivity index (χ3v) is 3.62. The Kier molecular flexibility index (Phi) is 4.93. The first-order valence-electron chi connectivity index (χ1n) is 7.27. The van der Waals surface area contributed by atoms with E-state index in [1.165, 1.54) is 10.8 Å². The minimum absolute atomic E-state index is 1.20. The van der Waals surface area contributed by atoms with Gasteiger partial charge in [-0.05, 0) is 16.8 Å². The molecule has 2 aromatic carbocycles. The molecular weight excluding hydrogens is 377 g/mol. The summed E-state index contributed by atoms with van der Waals surface area (Å²) in [5.74, 6) is -15.3. The van der Waals surface area contributed by atoms with Crippen molar-refractivity contribution in [3.05, 3.63) is 83.7 Å². The molecule has 27 heavy (non-hydrogen) atoms. The van der Waals surface area contributed by atoms with Gasteiger partial charge >= 0.3 is 0 Å². The number of hydrogen-bond acceptors (Lipinski definition) is 2. The van der Waals surface area contributed by atoms with E-state index in [2.05, 4.69) is 22.1 Å². The largest absolute Gasteiger partial charge is 0.264 e. The van der Waals surface area contributed by atoms with Gasteiger partial charge in [-0.1, -0.05) is 24.3 Å². The molecule has 0 aliphatic heterocycles. The van der Waals surface area contributed by atoms with Crippen molar-refractivity contribution in [2.75, 3.05) is 0 Å². The van der Waals surface area contributed by atoms with Gasteiger partial charge < -0.3 is 0 Å². The highest BCUT2D eigenvalue weighted by Crippen LogP contribution is 2.30. The highest BCUT2D eigenvalue weighted by atomic mass is 19.2. The molecule has 4 rings (SSSR count). The quantitative estimate of drug-likeness (QED) is 0.175. The number of nitrogens with zero attached hydrogens (tertiary/aromatic N) is 2. The van der Waals surface area contributed by atoms with E-state index >= 15 is 0 Å². The molecule has 0 bridgehead atoms. The van der Waals surface area contributed by atoms with Crippen LogP contribution in [0.25, 0.3) is 21.5 Å². The molecule has 4 aromatic rings. The molecular formula is C18H7F7N2. The molecule has 2 nitrogen and oxygen atoms in total. The van der Waals surface area contributed by atoms with Crippen LogP contribution in [0.4, 0.5) is 30.7 Å². The average Bonchev–Trinajstić information content (AvgIpc) is 2.68. The second kappa shape index (κ2) is 7.18. The Hall–Kier alpha value is -3.23. The zero-order chi connectivity index (χ0) is 19.7. The maximum Gasteiger partial charge on any atom is 0.252 e. The van der Waals surface area contributed by atoms with Crippen LogP contribution in [0, 0.1) is 41.0 Å². The lowest BCUT2D eigenvalue weighted by molar-refractivity contribution is 0.406. The van der Waals surface area contributed by atoms with E-state index in [0.29, 0.717) is 0 Å². The van der Waals surface area contributed by atoms with Crippen molar-refractivity contribution in [1.82, 2.24) is 9.97 Å². The van der Waals surface area contributed by atoms with Gasteiger partial charge in [-0.3, -0.25) is 4.98 Å². The van der Waals surface area contributed by atoms with Crippen molar-refractivity contribution in [1.29, 1.82) is 0 Å². The lowest BCUT2D eigenvalue weighted by Crippen LogP contribution is -2.05. The summed E-state index contributed by atoms with van der Waals surface area (Å²) < 4.78 is 90.2. The maximum atomic E-state index is 13.1. The summed E-state index contributed by atoms with van der Waals surface area (Å²) in [6.45, 7) is 0. The number of benzene rings is 2. The monoisotopic (exact) mass is 384 g/mol. The predicted octanol–water partition coefficient (Wildman–Crippen LogP) is 5.44. The predicted molar refractivity (Wildman–Crippen MR) is 83.2 cm³/mol. The van der Waals surface area contributed by atoms with Crippen molar-refractivity contribution in [2.45, 2.75) is 0 Å². The minimum Gasteiger partial charge on any atom is -0.264 e. The second-order valence-corrected chi connectivity index (χ2v) is 5.24.